The van der Waals surface area contributed by atoms with Crippen molar-refractivity contribution >= 4 is 23.5 Å². The molecule has 3 aromatic rings. The van der Waals surface area contributed by atoms with E-state index in [1.165, 1.54) is 0 Å². The number of carbonyl (C=O) groups is 1. The summed E-state index contributed by atoms with van der Waals surface area (Å²) in [7, 11) is 0. The first-order valence-corrected chi connectivity index (χ1v) is 8.68. The fraction of sp³-hybridized carbons (Fsp3) is 0.211. The molecule has 0 aliphatic carbocycles. The minimum absolute atomic E-state index is 0.0692. The molecule has 0 saturated heterocycles. The number of nitrogens with zero attached hydrogens (tertiary/aromatic N) is 2. The fourth-order valence-corrected chi connectivity index (χ4v) is 2.39. The highest BCUT2D eigenvalue weighted by atomic mass is 35.5. The van der Waals surface area contributed by atoms with Crippen LogP contribution >= 0.6 is 11.6 Å². The first-order valence-electron chi connectivity index (χ1n) is 8.31. The molecule has 3 rings (SSSR count). The summed E-state index contributed by atoms with van der Waals surface area (Å²) in [5, 5.41) is 6.92. The Bertz CT molecular complexity index is 925. The number of hydrogen-bond acceptors (Lipinski definition) is 6. The summed E-state index contributed by atoms with van der Waals surface area (Å²) in [4.78, 5) is 16.2. The maximum atomic E-state index is 12.0. The lowest BCUT2D eigenvalue weighted by molar-refractivity contribution is -0.118. The van der Waals surface area contributed by atoms with Crippen molar-refractivity contribution in [2.45, 2.75) is 13.8 Å². The zero-order valence-corrected chi connectivity index (χ0v) is 15.6. The van der Waals surface area contributed by atoms with Crippen LogP contribution in [0.1, 0.15) is 12.5 Å². The average molecular weight is 388 g/mol. The van der Waals surface area contributed by atoms with Crippen molar-refractivity contribution < 1.29 is 18.8 Å². The van der Waals surface area contributed by atoms with E-state index < -0.39 is 5.91 Å². The number of anilines is 1. The van der Waals surface area contributed by atoms with E-state index in [1.54, 1.807) is 30.3 Å². The van der Waals surface area contributed by atoms with E-state index in [9.17, 15) is 4.79 Å². The Morgan fingerprint density at radius 2 is 1.89 bits per heavy atom. The van der Waals surface area contributed by atoms with Crippen molar-refractivity contribution in [1.82, 2.24) is 10.1 Å². The van der Waals surface area contributed by atoms with E-state index >= 15 is 0 Å². The van der Waals surface area contributed by atoms with Crippen molar-refractivity contribution in [3.63, 3.8) is 0 Å². The van der Waals surface area contributed by atoms with Gasteiger partial charge in [-0.05, 0) is 67.0 Å². The van der Waals surface area contributed by atoms with Crippen LogP contribution in [0.25, 0.3) is 11.5 Å². The second-order valence-corrected chi connectivity index (χ2v) is 6.04. The zero-order valence-electron chi connectivity index (χ0n) is 14.9. The van der Waals surface area contributed by atoms with Crippen LogP contribution in [0.3, 0.4) is 0 Å². The molecule has 0 atom stereocenters. The van der Waals surface area contributed by atoms with E-state index in [-0.39, 0.29) is 12.6 Å². The Labute approximate surface area is 161 Å². The largest absolute Gasteiger partial charge is 0.494 e. The van der Waals surface area contributed by atoms with Crippen molar-refractivity contribution in [2.24, 2.45) is 0 Å². The van der Waals surface area contributed by atoms with E-state index in [0.717, 1.165) is 16.9 Å². The number of ether oxygens (including phenoxy) is 2. The molecule has 0 saturated carbocycles. The fourth-order valence-electron chi connectivity index (χ4n) is 2.27. The highest BCUT2D eigenvalue weighted by molar-refractivity contribution is 6.31. The summed E-state index contributed by atoms with van der Waals surface area (Å²) in [6.07, 6.45) is 0. The van der Waals surface area contributed by atoms with Gasteiger partial charge >= 0.3 is 0 Å². The summed E-state index contributed by atoms with van der Waals surface area (Å²) in [5.41, 5.74) is 1.59. The number of carbonyl (C=O) groups excluding carboxylic acids is 1. The average Bonchev–Trinajstić information content (AvgIpc) is 3.12. The topological polar surface area (TPSA) is 86.5 Å². The second kappa shape index (κ2) is 8.55. The molecule has 0 fully saturated rings. The lowest BCUT2D eigenvalue weighted by Crippen LogP contribution is -2.20. The molecule has 0 aliphatic heterocycles. The predicted molar refractivity (Wildman–Crippen MR) is 101 cm³/mol. The van der Waals surface area contributed by atoms with Crippen LogP contribution in [0.2, 0.25) is 5.02 Å². The van der Waals surface area contributed by atoms with Gasteiger partial charge in [0.2, 0.25) is 0 Å². The Balaban J connectivity index is 1.56. The van der Waals surface area contributed by atoms with Gasteiger partial charge in [0, 0.05) is 10.6 Å². The minimum Gasteiger partial charge on any atom is -0.494 e. The number of aryl methyl sites for hydroxylation is 1. The van der Waals surface area contributed by atoms with Crippen LogP contribution in [-0.2, 0) is 4.79 Å². The molecule has 2 aromatic carbocycles. The first-order chi connectivity index (χ1) is 13.0. The van der Waals surface area contributed by atoms with Gasteiger partial charge in [0.1, 0.15) is 11.5 Å². The standard InChI is InChI=1S/C19H18ClN3O4/c1-3-25-14-6-4-13(5-7-14)18-22-19(23-27-18)21-17(24)11-26-15-8-9-16(20)12(2)10-15/h4-10H,3,11H2,1-2H3,(H,21,23,24). The van der Waals surface area contributed by atoms with E-state index in [2.05, 4.69) is 15.5 Å². The van der Waals surface area contributed by atoms with Crippen LogP contribution in [0.15, 0.2) is 47.0 Å². The summed E-state index contributed by atoms with van der Waals surface area (Å²) in [6.45, 7) is 4.18. The molecule has 1 heterocycles. The maximum Gasteiger partial charge on any atom is 0.270 e. The number of halogens is 1. The van der Waals surface area contributed by atoms with Crippen LogP contribution in [0.4, 0.5) is 5.95 Å². The van der Waals surface area contributed by atoms with Gasteiger partial charge in [0.15, 0.2) is 6.61 Å². The maximum absolute atomic E-state index is 12.0. The van der Waals surface area contributed by atoms with Crippen molar-refractivity contribution in [3.05, 3.63) is 53.1 Å². The Morgan fingerprint density at radius 1 is 1.15 bits per heavy atom. The summed E-state index contributed by atoms with van der Waals surface area (Å²) < 4.78 is 16.0. The van der Waals surface area contributed by atoms with Crippen molar-refractivity contribution in [1.29, 1.82) is 0 Å². The van der Waals surface area contributed by atoms with Crippen LogP contribution in [0, 0.1) is 6.92 Å². The smallest absolute Gasteiger partial charge is 0.270 e. The molecular formula is C19H18ClN3O4. The lowest BCUT2D eigenvalue weighted by atomic mass is 10.2. The van der Waals surface area contributed by atoms with Gasteiger partial charge in [-0.25, -0.2) is 0 Å². The molecule has 1 aromatic heterocycles. The number of aromatic nitrogens is 2. The summed E-state index contributed by atoms with van der Waals surface area (Å²) >= 11 is 5.96. The SMILES string of the molecule is CCOc1ccc(-c2nc(NC(=O)COc3ccc(Cl)c(C)c3)no2)cc1. The molecule has 8 heteroatoms. The molecule has 27 heavy (non-hydrogen) atoms. The van der Waals surface area contributed by atoms with Crippen LogP contribution < -0.4 is 14.8 Å². The van der Waals surface area contributed by atoms with Gasteiger partial charge in [-0.1, -0.05) is 11.6 Å². The Morgan fingerprint density at radius 3 is 2.59 bits per heavy atom. The highest BCUT2D eigenvalue weighted by Crippen LogP contribution is 2.22. The van der Waals surface area contributed by atoms with Gasteiger partial charge < -0.3 is 14.0 Å². The number of benzene rings is 2. The molecular weight excluding hydrogens is 370 g/mol. The first kappa shape index (κ1) is 18.7. The van der Waals surface area contributed by atoms with Gasteiger partial charge in [-0.3, -0.25) is 10.1 Å². The molecule has 7 nitrogen and oxygen atoms in total. The summed E-state index contributed by atoms with van der Waals surface area (Å²) in [5.74, 6) is 1.27. The molecule has 1 N–H and O–H groups in total. The van der Waals surface area contributed by atoms with Gasteiger partial charge in [0.25, 0.3) is 17.7 Å². The van der Waals surface area contributed by atoms with Crippen molar-refractivity contribution in [3.8, 4) is 23.0 Å². The quantitative estimate of drug-likeness (QED) is 0.656. The second-order valence-electron chi connectivity index (χ2n) is 5.63. The number of hydrogen-bond donors (Lipinski definition) is 1. The monoisotopic (exact) mass is 387 g/mol. The molecule has 0 radical (unpaired) electrons. The van der Waals surface area contributed by atoms with E-state index in [1.807, 2.05) is 26.0 Å². The van der Waals surface area contributed by atoms with Crippen LogP contribution in [-0.4, -0.2) is 29.3 Å². The van der Waals surface area contributed by atoms with Gasteiger partial charge in [0.05, 0.1) is 6.61 Å². The molecule has 0 aliphatic rings. The summed E-state index contributed by atoms with van der Waals surface area (Å²) in [6, 6.07) is 12.4. The third kappa shape index (κ3) is 4.98. The van der Waals surface area contributed by atoms with Gasteiger partial charge in [-0.15, -0.1) is 0 Å². The van der Waals surface area contributed by atoms with Gasteiger partial charge in [-0.2, -0.15) is 4.98 Å². The van der Waals surface area contributed by atoms with Crippen molar-refractivity contribution in [2.75, 3.05) is 18.5 Å². The molecule has 0 bridgehead atoms. The lowest BCUT2D eigenvalue weighted by Gasteiger charge is -2.06. The third-order valence-corrected chi connectivity index (χ3v) is 4.01. The van der Waals surface area contributed by atoms with E-state index in [4.69, 9.17) is 25.6 Å². The zero-order chi connectivity index (χ0) is 19.2. The highest BCUT2D eigenvalue weighted by Gasteiger charge is 2.12. The molecule has 0 unspecified atom stereocenters. The molecule has 140 valence electrons. The number of amides is 1. The number of nitrogens with one attached hydrogen (secondary N) is 1. The molecule has 1 amide bonds. The third-order valence-electron chi connectivity index (χ3n) is 3.59. The Kier molecular flexibility index (Phi) is 5.93. The predicted octanol–water partition coefficient (Wildman–Crippen LogP) is 4.11. The Hall–Kier alpha value is -3.06. The number of rotatable bonds is 7. The minimum atomic E-state index is -0.401. The normalized spacial score (nSPS) is 10.5. The van der Waals surface area contributed by atoms with E-state index in [0.29, 0.717) is 23.3 Å². The molecule has 0 spiro atoms. The van der Waals surface area contributed by atoms with Crippen LogP contribution in [0.5, 0.6) is 11.5 Å².